The molecular formula is C12H15FN2O. The SMILES string of the molecule is CN1CC(C)(C)C(=O)Nc2c(F)cccc21. The highest BCUT2D eigenvalue weighted by atomic mass is 19.1. The Kier molecular flexibility index (Phi) is 2.37. The minimum atomic E-state index is -0.528. The molecule has 0 radical (unpaired) electrons. The van der Waals surface area contributed by atoms with Gasteiger partial charge in [-0.1, -0.05) is 6.07 Å². The van der Waals surface area contributed by atoms with Gasteiger partial charge in [0.25, 0.3) is 0 Å². The van der Waals surface area contributed by atoms with Gasteiger partial charge in [-0.25, -0.2) is 4.39 Å². The summed E-state index contributed by atoms with van der Waals surface area (Å²) in [4.78, 5) is 13.8. The van der Waals surface area contributed by atoms with Gasteiger partial charge in [0.1, 0.15) is 11.5 Å². The first-order chi connectivity index (χ1) is 7.42. The Morgan fingerprint density at radius 2 is 2.12 bits per heavy atom. The summed E-state index contributed by atoms with van der Waals surface area (Å²) < 4.78 is 13.6. The highest BCUT2D eigenvalue weighted by molar-refractivity contribution is 5.99. The van der Waals surface area contributed by atoms with Gasteiger partial charge in [-0.15, -0.1) is 0 Å². The summed E-state index contributed by atoms with van der Waals surface area (Å²) in [5, 5.41) is 2.66. The van der Waals surface area contributed by atoms with Gasteiger partial charge in [-0.3, -0.25) is 4.79 Å². The molecule has 1 heterocycles. The average molecular weight is 222 g/mol. The van der Waals surface area contributed by atoms with E-state index in [1.54, 1.807) is 12.1 Å². The van der Waals surface area contributed by atoms with Crippen LogP contribution < -0.4 is 10.2 Å². The zero-order valence-electron chi connectivity index (χ0n) is 9.67. The molecule has 4 heteroatoms. The number of benzene rings is 1. The Hall–Kier alpha value is -1.58. The Balaban J connectivity index is 2.53. The lowest BCUT2D eigenvalue weighted by Gasteiger charge is -2.26. The number of fused-ring (bicyclic) bond motifs is 1. The Morgan fingerprint density at radius 1 is 1.44 bits per heavy atom. The number of hydrogen-bond donors (Lipinski definition) is 1. The van der Waals surface area contributed by atoms with Gasteiger partial charge < -0.3 is 10.2 Å². The van der Waals surface area contributed by atoms with Crippen LogP contribution in [0.15, 0.2) is 18.2 Å². The molecule has 1 amide bonds. The average Bonchev–Trinajstić information content (AvgIpc) is 2.26. The summed E-state index contributed by atoms with van der Waals surface area (Å²) in [7, 11) is 1.86. The van der Waals surface area contributed by atoms with Gasteiger partial charge in [-0.05, 0) is 26.0 Å². The summed E-state index contributed by atoms with van der Waals surface area (Å²) in [6.45, 7) is 4.26. The van der Waals surface area contributed by atoms with Crippen LogP contribution in [0, 0.1) is 11.2 Å². The summed E-state index contributed by atoms with van der Waals surface area (Å²) >= 11 is 0. The van der Waals surface area contributed by atoms with E-state index in [0.29, 0.717) is 6.54 Å². The molecule has 1 aliphatic heterocycles. The van der Waals surface area contributed by atoms with E-state index in [-0.39, 0.29) is 11.6 Å². The van der Waals surface area contributed by atoms with Crippen molar-refractivity contribution in [2.75, 3.05) is 23.8 Å². The van der Waals surface area contributed by atoms with E-state index in [2.05, 4.69) is 5.32 Å². The second kappa shape index (κ2) is 3.47. The van der Waals surface area contributed by atoms with Gasteiger partial charge in [0.15, 0.2) is 0 Å². The Morgan fingerprint density at radius 3 is 2.81 bits per heavy atom. The summed E-state index contributed by atoms with van der Waals surface area (Å²) in [6.07, 6.45) is 0. The monoisotopic (exact) mass is 222 g/mol. The molecule has 0 fully saturated rings. The maximum Gasteiger partial charge on any atom is 0.231 e. The van der Waals surface area contributed by atoms with E-state index in [9.17, 15) is 9.18 Å². The molecule has 0 spiro atoms. The molecule has 0 atom stereocenters. The van der Waals surface area contributed by atoms with Gasteiger partial charge in [0.2, 0.25) is 5.91 Å². The Labute approximate surface area is 94.3 Å². The molecule has 0 bridgehead atoms. The first-order valence-corrected chi connectivity index (χ1v) is 5.23. The maximum absolute atomic E-state index is 13.6. The van der Waals surface area contributed by atoms with Crippen LogP contribution in [-0.4, -0.2) is 19.5 Å². The van der Waals surface area contributed by atoms with E-state index >= 15 is 0 Å². The minimum Gasteiger partial charge on any atom is -0.372 e. The smallest absolute Gasteiger partial charge is 0.231 e. The van der Waals surface area contributed by atoms with Crippen molar-refractivity contribution in [3.8, 4) is 0 Å². The predicted octanol–water partition coefficient (Wildman–Crippen LogP) is 2.24. The van der Waals surface area contributed by atoms with Crippen molar-refractivity contribution in [3.05, 3.63) is 24.0 Å². The number of nitrogens with one attached hydrogen (secondary N) is 1. The number of para-hydroxylation sites is 1. The topological polar surface area (TPSA) is 32.3 Å². The van der Waals surface area contributed by atoms with Crippen LogP contribution in [-0.2, 0) is 4.79 Å². The third-order valence-corrected chi connectivity index (χ3v) is 2.89. The first kappa shape index (κ1) is 10.9. The molecule has 0 aliphatic carbocycles. The minimum absolute atomic E-state index is 0.150. The summed E-state index contributed by atoms with van der Waals surface area (Å²) in [5.74, 6) is -0.543. The van der Waals surface area contributed by atoms with Crippen molar-refractivity contribution in [1.29, 1.82) is 0 Å². The van der Waals surface area contributed by atoms with Crippen LogP contribution in [0.25, 0.3) is 0 Å². The van der Waals surface area contributed by atoms with Crippen LogP contribution in [0.1, 0.15) is 13.8 Å². The second-order valence-electron chi connectivity index (χ2n) is 4.83. The number of halogens is 1. The van der Waals surface area contributed by atoms with E-state index < -0.39 is 11.2 Å². The third-order valence-electron chi connectivity index (χ3n) is 2.89. The predicted molar refractivity (Wildman–Crippen MR) is 62.1 cm³/mol. The highest BCUT2D eigenvalue weighted by Crippen LogP contribution is 2.34. The molecule has 86 valence electrons. The van der Waals surface area contributed by atoms with Crippen molar-refractivity contribution in [2.45, 2.75) is 13.8 Å². The molecule has 0 saturated carbocycles. The number of carbonyl (C=O) groups is 1. The molecule has 16 heavy (non-hydrogen) atoms. The fraction of sp³-hybridized carbons (Fsp3) is 0.417. The third kappa shape index (κ3) is 1.64. The normalized spacial score (nSPS) is 18.8. The van der Waals surface area contributed by atoms with Crippen molar-refractivity contribution in [2.24, 2.45) is 5.41 Å². The number of hydrogen-bond acceptors (Lipinski definition) is 2. The number of anilines is 2. The Bertz CT molecular complexity index is 443. The van der Waals surface area contributed by atoms with Crippen molar-refractivity contribution >= 4 is 17.3 Å². The largest absolute Gasteiger partial charge is 0.372 e. The quantitative estimate of drug-likeness (QED) is 0.730. The zero-order valence-corrected chi connectivity index (χ0v) is 9.67. The lowest BCUT2D eigenvalue weighted by molar-refractivity contribution is -0.123. The number of carbonyl (C=O) groups excluding carboxylic acids is 1. The highest BCUT2D eigenvalue weighted by Gasteiger charge is 2.34. The van der Waals surface area contributed by atoms with Gasteiger partial charge in [0, 0.05) is 13.6 Å². The maximum atomic E-state index is 13.6. The van der Waals surface area contributed by atoms with Crippen LogP contribution >= 0.6 is 0 Å². The molecule has 2 rings (SSSR count). The number of rotatable bonds is 0. The van der Waals surface area contributed by atoms with Crippen molar-refractivity contribution in [1.82, 2.24) is 0 Å². The summed E-state index contributed by atoms with van der Waals surface area (Å²) in [5.41, 5.74) is 0.472. The van der Waals surface area contributed by atoms with Crippen LogP contribution in [0.5, 0.6) is 0 Å². The van der Waals surface area contributed by atoms with Crippen LogP contribution in [0.4, 0.5) is 15.8 Å². The molecule has 0 aromatic heterocycles. The van der Waals surface area contributed by atoms with E-state index in [4.69, 9.17) is 0 Å². The summed E-state index contributed by atoms with van der Waals surface area (Å²) in [6, 6.07) is 4.81. The zero-order chi connectivity index (χ0) is 11.9. The molecule has 3 nitrogen and oxygen atoms in total. The standard InChI is InChI=1S/C12H15FN2O/c1-12(2)7-15(3)9-6-4-5-8(13)10(9)14-11(12)16/h4-6H,7H2,1-3H3,(H,14,16). The number of amides is 1. The molecule has 0 unspecified atom stereocenters. The van der Waals surface area contributed by atoms with Gasteiger partial charge in [-0.2, -0.15) is 0 Å². The van der Waals surface area contributed by atoms with Gasteiger partial charge >= 0.3 is 0 Å². The number of nitrogens with zero attached hydrogens (tertiary/aromatic N) is 1. The fourth-order valence-electron chi connectivity index (χ4n) is 1.99. The van der Waals surface area contributed by atoms with Crippen LogP contribution in [0.2, 0.25) is 0 Å². The van der Waals surface area contributed by atoms with Crippen molar-refractivity contribution in [3.63, 3.8) is 0 Å². The lowest BCUT2D eigenvalue weighted by Crippen LogP contribution is -2.37. The first-order valence-electron chi connectivity index (χ1n) is 5.23. The van der Waals surface area contributed by atoms with Gasteiger partial charge in [0.05, 0.1) is 11.1 Å². The lowest BCUT2D eigenvalue weighted by atomic mass is 9.92. The molecular weight excluding hydrogens is 207 g/mol. The molecule has 1 aliphatic rings. The molecule has 0 saturated heterocycles. The van der Waals surface area contributed by atoms with E-state index in [0.717, 1.165) is 5.69 Å². The molecule has 1 aromatic carbocycles. The van der Waals surface area contributed by atoms with E-state index in [1.807, 2.05) is 25.8 Å². The molecule has 1 aromatic rings. The van der Waals surface area contributed by atoms with Crippen LogP contribution in [0.3, 0.4) is 0 Å². The fourth-order valence-corrected chi connectivity index (χ4v) is 1.99. The molecule has 1 N–H and O–H groups in total. The van der Waals surface area contributed by atoms with E-state index in [1.165, 1.54) is 6.07 Å². The van der Waals surface area contributed by atoms with Crippen molar-refractivity contribution < 1.29 is 9.18 Å². The second-order valence-corrected chi connectivity index (χ2v) is 4.83.